The molecule has 0 aromatic carbocycles. The quantitative estimate of drug-likeness (QED) is 0.603. The summed E-state index contributed by atoms with van der Waals surface area (Å²) in [5, 5.41) is 9.02. The number of carboxylic acid groups (broad SMARTS) is 1. The van der Waals surface area contributed by atoms with Crippen molar-refractivity contribution in [3.8, 4) is 0 Å². The molecule has 0 saturated heterocycles. The number of carboxylic acids is 1. The zero-order chi connectivity index (χ0) is 13.5. The summed E-state index contributed by atoms with van der Waals surface area (Å²) in [6, 6.07) is 0. The molecule has 2 aliphatic carbocycles. The molecule has 18 heavy (non-hydrogen) atoms. The van der Waals surface area contributed by atoms with Crippen LogP contribution in [0.1, 0.15) is 39.0 Å². The first-order valence-electron chi connectivity index (χ1n) is 6.49. The van der Waals surface area contributed by atoms with Crippen molar-refractivity contribution in [2.75, 3.05) is 0 Å². The zero-order valence-corrected chi connectivity index (χ0v) is 10.9. The van der Waals surface area contributed by atoms with Gasteiger partial charge in [0.2, 0.25) is 0 Å². The second kappa shape index (κ2) is 4.38. The number of hydrogen-bond acceptors (Lipinski definition) is 2. The van der Waals surface area contributed by atoms with Gasteiger partial charge in [0.1, 0.15) is 5.78 Å². The number of ketones is 1. The normalized spacial score (nSPS) is 36.1. The fraction of sp³-hybridized carbons (Fsp3) is 0.600. The lowest BCUT2D eigenvalue weighted by atomic mass is 9.55. The van der Waals surface area contributed by atoms with Crippen LogP contribution in [0, 0.1) is 17.3 Å². The third-order valence-corrected chi connectivity index (χ3v) is 4.87. The highest BCUT2D eigenvalue weighted by Gasteiger charge is 2.48. The van der Waals surface area contributed by atoms with Gasteiger partial charge in [-0.3, -0.25) is 4.79 Å². The van der Waals surface area contributed by atoms with Gasteiger partial charge < -0.3 is 5.11 Å². The molecule has 2 aliphatic rings. The van der Waals surface area contributed by atoms with Crippen molar-refractivity contribution in [3.63, 3.8) is 0 Å². The van der Waals surface area contributed by atoms with Crippen molar-refractivity contribution in [1.82, 2.24) is 0 Å². The van der Waals surface area contributed by atoms with Crippen LogP contribution in [0.3, 0.4) is 0 Å². The molecule has 0 bridgehead atoms. The number of hydrogen-bond donors (Lipinski definition) is 1. The summed E-state index contributed by atoms with van der Waals surface area (Å²) < 4.78 is 0. The highest BCUT2D eigenvalue weighted by atomic mass is 16.4. The van der Waals surface area contributed by atoms with E-state index < -0.39 is 5.97 Å². The Morgan fingerprint density at radius 1 is 1.44 bits per heavy atom. The molecule has 3 atom stereocenters. The summed E-state index contributed by atoms with van der Waals surface area (Å²) in [4.78, 5) is 23.1. The molecular formula is C15H20O3. The Hall–Kier alpha value is -1.38. The summed E-state index contributed by atoms with van der Waals surface area (Å²) >= 11 is 0. The summed E-state index contributed by atoms with van der Waals surface area (Å²) in [7, 11) is 0. The topological polar surface area (TPSA) is 54.4 Å². The molecule has 2 fully saturated rings. The van der Waals surface area contributed by atoms with E-state index in [0.29, 0.717) is 18.6 Å². The van der Waals surface area contributed by atoms with E-state index in [9.17, 15) is 9.59 Å². The molecule has 0 spiro atoms. The molecule has 0 aliphatic heterocycles. The van der Waals surface area contributed by atoms with Gasteiger partial charge in [0.05, 0.1) is 0 Å². The molecule has 0 aromatic heterocycles. The predicted molar refractivity (Wildman–Crippen MR) is 69.1 cm³/mol. The summed E-state index contributed by atoms with van der Waals surface area (Å²) in [5.74, 6) is -0.479. The molecule has 0 unspecified atom stereocenters. The van der Waals surface area contributed by atoms with E-state index in [1.807, 2.05) is 6.92 Å². The van der Waals surface area contributed by atoms with Crippen LogP contribution in [0.15, 0.2) is 24.3 Å². The van der Waals surface area contributed by atoms with Gasteiger partial charge in [-0.05, 0) is 37.5 Å². The molecule has 3 heteroatoms. The average Bonchev–Trinajstić information content (AvgIpc) is 2.33. The van der Waals surface area contributed by atoms with Gasteiger partial charge in [0, 0.05) is 17.4 Å². The predicted octanol–water partition coefficient (Wildman–Crippen LogP) is 2.97. The minimum Gasteiger partial charge on any atom is -0.478 e. The minimum atomic E-state index is -0.920. The van der Waals surface area contributed by atoms with Crippen LogP contribution in [-0.4, -0.2) is 16.9 Å². The largest absolute Gasteiger partial charge is 0.478 e. The molecule has 1 N–H and O–H groups in total. The summed E-state index contributed by atoms with van der Waals surface area (Å²) in [6.45, 7) is 9.77. The zero-order valence-electron chi connectivity index (χ0n) is 10.9. The maximum atomic E-state index is 12.1. The van der Waals surface area contributed by atoms with Gasteiger partial charge in [0.15, 0.2) is 0 Å². The van der Waals surface area contributed by atoms with E-state index in [2.05, 4.69) is 13.2 Å². The van der Waals surface area contributed by atoms with Crippen molar-refractivity contribution in [2.45, 2.75) is 39.0 Å². The van der Waals surface area contributed by atoms with Crippen LogP contribution in [0.4, 0.5) is 0 Å². The first kappa shape index (κ1) is 13.1. The third kappa shape index (κ3) is 1.92. The first-order valence-corrected chi connectivity index (χ1v) is 6.49. The van der Waals surface area contributed by atoms with E-state index >= 15 is 0 Å². The van der Waals surface area contributed by atoms with Crippen LogP contribution in [0.25, 0.3) is 0 Å². The maximum Gasteiger partial charge on any atom is 0.331 e. The lowest BCUT2D eigenvalue weighted by Crippen LogP contribution is -2.45. The van der Waals surface area contributed by atoms with Crippen LogP contribution < -0.4 is 0 Å². The Bertz CT molecular complexity index is 435. The van der Waals surface area contributed by atoms with E-state index in [0.717, 1.165) is 24.8 Å². The van der Waals surface area contributed by atoms with Crippen LogP contribution in [-0.2, 0) is 9.59 Å². The highest BCUT2D eigenvalue weighted by molar-refractivity contribution is 5.88. The Morgan fingerprint density at radius 3 is 2.72 bits per heavy atom. The number of carbonyl (C=O) groups is 2. The van der Waals surface area contributed by atoms with Gasteiger partial charge in [-0.25, -0.2) is 4.79 Å². The van der Waals surface area contributed by atoms with Gasteiger partial charge in [-0.1, -0.05) is 25.7 Å². The maximum absolute atomic E-state index is 12.1. The van der Waals surface area contributed by atoms with Crippen molar-refractivity contribution in [2.24, 2.45) is 17.3 Å². The molecule has 0 heterocycles. The van der Waals surface area contributed by atoms with Gasteiger partial charge in [0.25, 0.3) is 0 Å². The van der Waals surface area contributed by atoms with E-state index in [4.69, 9.17) is 5.11 Å². The fourth-order valence-electron chi connectivity index (χ4n) is 3.49. The van der Waals surface area contributed by atoms with Crippen molar-refractivity contribution >= 4 is 11.8 Å². The average molecular weight is 248 g/mol. The number of fused-ring (bicyclic) bond motifs is 1. The lowest BCUT2D eigenvalue weighted by Gasteiger charge is -2.47. The van der Waals surface area contributed by atoms with Gasteiger partial charge in [-0.2, -0.15) is 0 Å². The summed E-state index contributed by atoms with van der Waals surface area (Å²) in [6.07, 6.45) is 3.57. The number of Topliss-reactive ketones (excluding diaryl/α,β-unsaturated/α-hetero) is 1. The SMILES string of the molecule is C=C(C(=O)O)[C@@H]1CC[C@@]2(C)C(=O)CCC(=C)[C@H]2C1. The monoisotopic (exact) mass is 248 g/mol. The van der Waals surface area contributed by atoms with Crippen LogP contribution in [0.2, 0.25) is 0 Å². The van der Waals surface area contributed by atoms with E-state index in [1.165, 1.54) is 0 Å². The fourth-order valence-corrected chi connectivity index (χ4v) is 3.49. The number of rotatable bonds is 2. The number of aliphatic carboxylic acids is 1. The standard InChI is InChI=1S/C15H20O3/c1-9-4-5-13(16)15(3)7-6-11(8-12(9)15)10(2)14(17)18/h11-12H,1-2,4-8H2,3H3,(H,17,18)/t11-,12-,15-/m1/s1. The van der Waals surface area contributed by atoms with E-state index in [1.54, 1.807) is 0 Å². The Morgan fingerprint density at radius 2 is 2.11 bits per heavy atom. The second-order valence-corrected chi connectivity index (χ2v) is 5.85. The molecular weight excluding hydrogens is 228 g/mol. The first-order chi connectivity index (χ1) is 8.36. The van der Waals surface area contributed by atoms with Crippen LogP contribution in [0.5, 0.6) is 0 Å². The molecule has 0 radical (unpaired) electrons. The molecule has 3 nitrogen and oxygen atoms in total. The minimum absolute atomic E-state index is 0.0109. The Balaban J connectivity index is 2.22. The van der Waals surface area contributed by atoms with E-state index in [-0.39, 0.29) is 22.8 Å². The Kier molecular flexibility index (Phi) is 3.18. The molecule has 2 rings (SSSR count). The van der Waals surface area contributed by atoms with Crippen molar-refractivity contribution in [1.29, 1.82) is 0 Å². The lowest BCUT2D eigenvalue weighted by molar-refractivity contribution is -0.135. The summed E-state index contributed by atoms with van der Waals surface area (Å²) in [5.41, 5.74) is 1.08. The van der Waals surface area contributed by atoms with Crippen molar-refractivity contribution < 1.29 is 14.7 Å². The Labute approximate surface area is 108 Å². The van der Waals surface area contributed by atoms with Gasteiger partial charge >= 0.3 is 5.97 Å². The van der Waals surface area contributed by atoms with Crippen LogP contribution >= 0.6 is 0 Å². The molecule has 2 saturated carbocycles. The molecule has 0 amide bonds. The highest BCUT2D eigenvalue weighted by Crippen LogP contribution is 2.52. The number of allylic oxidation sites excluding steroid dienone is 1. The van der Waals surface area contributed by atoms with Gasteiger partial charge in [-0.15, -0.1) is 0 Å². The number of carbonyl (C=O) groups excluding carboxylic acids is 1. The second-order valence-electron chi connectivity index (χ2n) is 5.85. The van der Waals surface area contributed by atoms with Crippen molar-refractivity contribution in [3.05, 3.63) is 24.3 Å². The third-order valence-electron chi connectivity index (χ3n) is 4.87. The molecule has 0 aromatic rings. The smallest absolute Gasteiger partial charge is 0.331 e. The molecule has 98 valence electrons.